The van der Waals surface area contributed by atoms with Crippen LogP contribution in [0.1, 0.15) is 24.5 Å². The maximum Gasteiger partial charge on any atom is 0.167 e. The predicted molar refractivity (Wildman–Crippen MR) is 61.0 cm³/mol. The molecule has 3 nitrogen and oxygen atoms in total. The van der Waals surface area contributed by atoms with Crippen molar-refractivity contribution >= 4 is 15.9 Å². The number of halogens is 1. The summed E-state index contributed by atoms with van der Waals surface area (Å²) in [7, 11) is 0. The van der Waals surface area contributed by atoms with Crippen molar-refractivity contribution in [2.75, 3.05) is 0 Å². The third kappa shape index (κ3) is 1.69. The van der Waals surface area contributed by atoms with Gasteiger partial charge in [-0.1, -0.05) is 0 Å². The van der Waals surface area contributed by atoms with Crippen LogP contribution in [0.5, 0.6) is 0 Å². The Morgan fingerprint density at radius 2 is 2.20 bits per heavy atom. The molecule has 0 atom stereocenters. The molecule has 76 valence electrons. The minimum absolute atomic E-state index is 0.689. The number of nitrogens with zero attached hydrogens (tertiary/aromatic N) is 3. The first-order valence-corrected chi connectivity index (χ1v) is 5.80. The number of pyridine rings is 1. The average molecular weight is 264 g/mol. The predicted octanol–water partition coefficient (Wildman–Crippen LogP) is 2.91. The maximum atomic E-state index is 4.53. The summed E-state index contributed by atoms with van der Waals surface area (Å²) in [6.45, 7) is 0. The van der Waals surface area contributed by atoms with Gasteiger partial charge < -0.3 is 0 Å². The summed E-state index contributed by atoms with van der Waals surface area (Å²) in [5.41, 5.74) is 1.19. The number of aromatic nitrogens is 3. The van der Waals surface area contributed by atoms with E-state index in [0.717, 1.165) is 10.3 Å². The van der Waals surface area contributed by atoms with Crippen LogP contribution in [0.4, 0.5) is 0 Å². The van der Waals surface area contributed by atoms with E-state index in [1.165, 1.54) is 18.5 Å². The van der Waals surface area contributed by atoms with E-state index in [1.807, 2.05) is 23.0 Å². The largest absolute Gasteiger partial charge is 0.236 e. The molecule has 1 aliphatic carbocycles. The quantitative estimate of drug-likeness (QED) is 0.834. The van der Waals surface area contributed by atoms with Crippen LogP contribution >= 0.6 is 15.9 Å². The molecule has 0 bridgehead atoms. The van der Waals surface area contributed by atoms with Crippen molar-refractivity contribution in [1.82, 2.24) is 14.8 Å². The molecule has 0 saturated heterocycles. The zero-order chi connectivity index (χ0) is 10.3. The molecule has 0 aromatic carbocycles. The standard InChI is InChI=1S/C11H10BrN3/c12-9-2-1-6-13-11(9)15-7-5-10(14-15)8-3-4-8/h1-2,5-8H,3-4H2. The highest BCUT2D eigenvalue weighted by atomic mass is 79.9. The highest BCUT2D eigenvalue weighted by molar-refractivity contribution is 9.10. The number of rotatable bonds is 2. The number of hydrogen-bond acceptors (Lipinski definition) is 2. The lowest BCUT2D eigenvalue weighted by Crippen LogP contribution is -1.99. The van der Waals surface area contributed by atoms with E-state index in [9.17, 15) is 0 Å². The van der Waals surface area contributed by atoms with Crippen LogP contribution < -0.4 is 0 Å². The van der Waals surface area contributed by atoms with Crippen LogP contribution in [0.15, 0.2) is 35.1 Å². The van der Waals surface area contributed by atoms with E-state index in [0.29, 0.717) is 5.92 Å². The van der Waals surface area contributed by atoms with Crippen LogP contribution in [0.2, 0.25) is 0 Å². The molecule has 0 radical (unpaired) electrons. The third-order valence-electron chi connectivity index (χ3n) is 2.56. The molecule has 1 fully saturated rings. The van der Waals surface area contributed by atoms with Crippen LogP contribution in [-0.4, -0.2) is 14.8 Å². The third-order valence-corrected chi connectivity index (χ3v) is 3.18. The minimum atomic E-state index is 0.689. The van der Waals surface area contributed by atoms with Crippen LogP contribution in [-0.2, 0) is 0 Å². The highest BCUT2D eigenvalue weighted by Crippen LogP contribution is 2.39. The molecular weight excluding hydrogens is 254 g/mol. The van der Waals surface area contributed by atoms with Crippen molar-refractivity contribution in [2.24, 2.45) is 0 Å². The smallest absolute Gasteiger partial charge is 0.167 e. The molecule has 1 saturated carbocycles. The zero-order valence-corrected chi connectivity index (χ0v) is 9.68. The summed E-state index contributed by atoms with van der Waals surface area (Å²) in [5.74, 6) is 1.54. The Hall–Kier alpha value is -1.16. The molecule has 2 heterocycles. The monoisotopic (exact) mass is 263 g/mol. The molecule has 0 spiro atoms. The molecule has 0 aliphatic heterocycles. The Labute approximate surface area is 96.3 Å². The molecule has 15 heavy (non-hydrogen) atoms. The summed E-state index contributed by atoms with van der Waals surface area (Å²) >= 11 is 3.47. The van der Waals surface area contributed by atoms with Crippen molar-refractivity contribution < 1.29 is 0 Å². The van der Waals surface area contributed by atoms with Crippen LogP contribution in [0.25, 0.3) is 5.82 Å². The molecular formula is C11H10BrN3. The normalized spacial score (nSPS) is 15.5. The van der Waals surface area contributed by atoms with Gasteiger partial charge in [-0.2, -0.15) is 5.10 Å². The lowest BCUT2D eigenvalue weighted by atomic mass is 10.3. The van der Waals surface area contributed by atoms with Gasteiger partial charge in [0.15, 0.2) is 5.82 Å². The molecule has 0 unspecified atom stereocenters. The second-order valence-corrected chi connectivity index (χ2v) is 4.62. The Morgan fingerprint density at radius 1 is 1.33 bits per heavy atom. The Balaban J connectivity index is 2.01. The van der Waals surface area contributed by atoms with Gasteiger partial charge in [-0.15, -0.1) is 0 Å². The second-order valence-electron chi connectivity index (χ2n) is 3.77. The molecule has 0 N–H and O–H groups in total. The Bertz CT molecular complexity index is 488. The van der Waals surface area contributed by atoms with Crippen molar-refractivity contribution in [3.8, 4) is 5.82 Å². The van der Waals surface area contributed by atoms with Crippen LogP contribution in [0.3, 0.4) is 0 Å². The van der Waals surface area contributed by atoms with Gasteiger partial charge in [-0.05, 0) is 47.0 Å². The average Bonchev–Trinajstić information content (AvgIpc) is 2.99. The Morgan fingerprint density at radius 3 is 2.93 bits per heavy atom. The fraction of sp³-hybridized carbons (Fsp3) is 0.273. The van der Waals surface area contributed by atoms with E-state index in [4.69, 9.17) is 0 Å². The zero-order valence-electron chi connectivity index (χ0n) is 8.10. The summed E-state index contributed by atoms with van der Waals surface area (Å²) in [4.78, 5) is 4.30. The van der Waals surface area contributed by atoms with Gasteiger partial charge in [0, 0.05) is 18.3 Å². The summed E-state index contributed by atoms with van der Waals surface area (Å²) in [5, 5.41) is 4.53. The fourth-order valence-corrected chi connectivity index (χ4v) is 2.04. The minimum Gasteiger partial charge on any atom is -0.236 e. The van der Waals surface area contributed by atoms with Gasteiger partial charge in [0.05, 0.1) is 10.2 Å². The first-order valence-electron chi connectivity index (χ1n) is 5.01. The van der Waals surface area contributed by atoms with Gasteiger partial charge in [0.1, 0.15) is 0 Å². The van der Waals surface area contributed by atoms with E-state index < -0.39 is 0 Å². The first-order chi connectivity index (χ1) is 7.34. The molecule has 2 aromatic heterocycles. The topological polar surface area (TPSA) is 30.7 Å². The van der Waals surface area contributed by atoms with E-state index in [-0.39, 0.29) is 0 Å². The summed E-state index contributed by atoms with van der Waals surface area (Å²) in [6, 6.07) is 5.96. The molecule has 3 rings (SSSR count). The van der Waals surface area contributed by atoms with Gasteiger partial charge in [-0.3, -0.25) is 0 Å². The molecule has 4 heteroatoms. The lowest BCUT2D eigenvalue weighted by molar-refractivity contribution is 0.809. The summed E-state index contributed by atoms with van der Waals surface area (Å²) < 4.78 is 2.80. The fourth-order valence-electron chi connectivity index (χ4n) is 1.60. The van der Waals surface area contributed by atoms with E-state index in [1.54, 1.807) is 6.20 Å². The van der Waals surface area contributed by atoms with Gasteiger partial charge in [0.25, 0.3) is 0 Å². The maximum absolute atomic E-state index is 4.53. The molecule has 0 amide bonds. The second kappa shape index (κ2) is 3.45. The van der Waals surface area contributed by atoms with E-state index in [2.05, 4.69) is 32.1 Å². The molecule has 2 aromatic rings. The van der Waals surface area contributed by atoms with Gasteiger partial charge >= 0.3 is 0 Å². The van der Waals surface area contributed by atoms with Crippen molar-refractivity contribution in [3.63, 3.8) is 0 Å². The van der Waals surface area contributed by atoms with E-state index >= 15 is 0 Å². The van der Waals surface area contributed by atoms with Crippen molar-refractivity contribution in [3.05, 3.63) is 40.8 Å². The number of hydrogen-bond donors (Lipinski definition) is 0. The Kier molecular flexibility index (Phi) is 2.09. The lowest BCUT2D eigenvalue weighted by Gasteiger charge is -2.01. The highest BCUT2D eigenvalue weighted by Gasteiger charge is 2.26. The summed E-state index contributed by atoms with van der Waals surface area (Å²) in [6.07, 6.45) is 6.31. The van der Waals surface area contributed by atoms with Crippen molar-refractivity contribution in [1.29, 1.82) is 0 Å². The van der Waals surface area contributed by atoms with Gasteiger partial charge in [0.2, 0.25) is 0 Å². The van der Waals surface area contributed by atoms with Crippen LogP contribution in [0, 0.1) is 0 Å². The molecule has 1 aliphatic rings. The SMILES string of the molecule is Brc1cccnc1-n1ccc(C2CC2)n1. The first kappa shape index (κ1) is 9.09. The van der Waals surface area contributed by atoms with Crippen molar-refractivity contribution in [2.45, 2.75) is 18.8 Å². The van der Waals surface area contributed by atoms with Gasteiger partial charge in [-0.25, -0.2) is 9.67 Å².